The minimum absolute atomic E-state index is 0.00791. The maximum absolute atomic E-state index is 12.0. The Hall–Kier alpha value is -2.14. The second-order valence-electron chi connectivity index (χ2n) is 5.89. The summed E-state index contributed by atoms with van der Waals surface area (Å²) in [6, 6.07) is 17.3. The van der Waals surface area contributed by atoms with E-state index in [1.165, 1.54) is 0 Å². The van der Waals surface area contributed by atoms with Gasteiger partial charge in [-0.25, -0.2) is 0 Å². The average Bonchev–Trinajstić information content (AvgIpc) is 2.64. The van der Waals surface area contributed by atoms with E-state index in [4.69, 9.17) is 0 Å². The van der Waals surface area contributed by atoms with Gasteiger partial charge in [0.05, 0.1) is 0 Å². The van der Waals surface area contributed by atoms with Crippen LogP contribution < -0.4 is 10.2 Å². The van der Waals surface area contributed by atoms with Crippen molar-refractivity contribution in [3.8, 4) is 0 Å². The van der Waals surface area contributed by atoms with Gasteiger partial charge in [-0.05, 0) is 30.7 Å². The van der Waals surface area contributed by atoms with Crippen LogP contribution in [-0.2, 0) is 4.79 Å². The third-order valence-corrected chi connectivity index (χ3v) is 4.46. The molecule has 2 aromatic rings. The standard InChI is InChI=1S/C20H23BrN2O2/c1-23(18-6-3-2-4-7-18)15-5-14-22-20(25)13-12-19(24)16-8-10-17(21)11-9-16/h2-4,6-11H,5,12-15H2,1H3,(H,22,25). The number of hydrogen-bond donors (Lipinski definition) is 1. The first-order valence-corrected chi connectivity index (χ1v) is 9.17. The summed E-state index contributed by atoms with van der Waals surface area (Å²) in [5.41, 5.74) is 1.80. The van der Waals surface area contributed by atoms with Crippen LogP contribution in [0, 0.1) is 0 Å². The smallest absolute Gasteiger partial charge is 0.220 e. The maximum Gasteiger partial charge on any atom is 0.220 e. The van der Waals surface area contributed by atoms with Gasteiger partial charge in [-0.15, -0.1) is 0 Å². The molecule has 0 spiro atoms. The van der Waals surface area contributed by atoms with Crippen molar-refractivity contribution in [3.63, 3.8) is 0 Å². The van der Waals surface area contributed by atoms with Crippen LogP contribution in [0.5, 0.6) is 0 Å². The van der Waals surface area contributed by atoms with Gasteiger partial charge in [0.15, 0.2) is 5.78 Å². The number of hydrogen-bond acceptors (Lipinski definition) is 3. The van der Waals surface area contributed by atoms with E-state index >= 15 is 0 Å². The lowest BCUT2D eigenvalue weighted by molar-refractivity contribution is -0.121. The highest BCUT2D eigenvalue weighted by molar-refractivity contribution is 9.10. The quantitative estimate of drug-likeness (QED) is 0.508. The number of nitrogens with zero attached hydrogens (tertiary/aromatic N) is 1. The molecule has 0 bridgehead atoms. The van der Waals surface area contributed by atoms with E-state index in [2.05, 4.69) is 38.3 Å². The molecule has 0 fully saturated rings. The first-order valence-electron chi connectivity index (χ1n) is 8.38. The number of rotatable bonds is 9. The number of nitrogens with one attached hydrogen (secondary N) is 1. The number of carbonyl (C=O) groups excluding carboxylic acids is 2. The fourth-order valence-corrected chi connectivity index (χ4v) is 2.72. The van der Waals surface area contributed by atoms with Crippen LogP contribution in [0.15, 0.2) is 59.1 Å². The molecular formula is C20H23BrN2O2. The Morgan fingerprint density at radius 1 is 1.00 bits per heavy atom. The van der Waals surface area contributed by atoms with Crippen LogP contribution in [0.1, 0.15) is 29.6 Å². The lowest BCUT2D eigenvalue weighted by Crippen LogP contribution is -2.28. The zero-order valence-electron chi connectivity index (χ0n) is 14.4. The molecule has 0 aromatic heterocycles. The van der Waals surface area contributed by atoms with Crippen molar-refractivity contribution in [2.45, 2.75) is 19.3 Å². The highest BCUT2D eigenvalue weighted by Crippen LogP contribution is 2.13. The minimum Gasteiger partial charge on any atom is -0.375 e. The van der Waals surface area contributed by atoms with Crippen molar-refractivity contribution >= 4 is 33.3 Å². The average molecular weight is 403 g/mol. The fourth-order valence-electron chi connectivity index (χ4n) is 2.45. The van der Waals surface area contributed by atoms with E-state index in [9.17, 15) is 9.59 Å². The van der Waals surface area contributed by atoms with Crippen molar-refractivity contribution in [2.24, 2.45) is 0 Å². The fraction of sp³-hybridized carbons (Fsp3) is 0.300. The third-order valence-electron chi connectivity index (χ3n) is 3.93. The van der Waals surface area contributed by atoms with Crippen LogP contribution >= 0.6 is 15.9 Å². The number of anilines is 1. The summed E-state index contributed by atoms with van der Waals surface area (Å²) in [6.07, 6.45) is 1.32. The summed E-state index contributed by atoms with van der Waals surface area (Å²) >= 11 is 3.34. The van der Waals surface area contributed by atoms with Gasteiger partial charge in [-0.1, -0.05) is 46.3 Å². The maximum atomic E-state index is 12.0. The molecule has 1 N–H and O–H groups in total. The zero-order chi connectivity index (χ0) is 18.1. The van der Waals surface area contributed by atoms with Gasteiger partial charge in [0.2, 0.25) is 5.91 Å². The van der Waals surface area contributed by atoms with Gasteiger partial charge < -0.3 is 10.2 Å². The lowest BCUT2D eigenvalue weighted by Gasteiger charge is -2.19. The zero-order valence-corrected chi connectivity index (χ0v) is 16.0. The summed E-state index contributed by atoms with van der Waals surface area (Å²) in [4.78, 5) is 26.1. The molecule has 0 heterocycles. The Labute approximate surface area is 157 Å². The Kier molecular flexibility index (Phi) is 7.67. The SMILES string of the molecule is CN(CCCNC(=O)CCC(=O)c1ccc(Br)cc1)c1ccccc1. The molecule has 0 aliphatic rings. The molecule has 4 nitrogen and oxygen atoms in total. The molecule has 2 aromatic carbocycles. The van der Waals surface area contributed by atoms with Gasteiger partial charge in [-0.2, -0.15) is 0 Å². The number of halogens is 1. The highest BCUT2D eigenvalue weighted by atomic mass is 79.9. The van der Waals surface area contributed by atoms with Gasteiger partial charge >= 0.3 is 0 Å². The van der Waals surface area contributed by atoms with E-state index in [1.54, 1.807) is 12.1 Å². The minimum atomic E-state index is -0.0761. The van der Waals surface area contributed by atoms with Gasteiger partial charge in [0, 0.05) is 48.7 Å². The molecule has 5 heteroatoms. The molecule has 0 radical (unpaired) electrons. The van der Waals surface area contributed by atoms with Crippen LogP contribution in [0.4, 0.5) is 5.69 Å². The summed E-state index contributed by atoms with van der Waals surface area (Å²) in [6.45, 7) is 1.48. The van der Waals surface area contributed by atoms with E-state index in [-0.39, 0.29) is 24.5 Å². The first kappa shape index (κ1) is 19.2. The second kappa shape index (κ2) is 9.99. The number of benzene rings is 2. The predicted octanol–water partition coefficient (Wildman–Crippen LogP) is 4.05. The third kappa shape index (κ3) is 6.70. The van der Waals surface area contributed by atoms with Crippen molar-refractivity contribution < 1.29 is 9.59 Å². The Morgan fingerprint density at radius 3 is 2.36 bits per heavy atom. The van der Waals surface area contributed by atoms with Crippen LogP contribution in [0.25, 0.3) is 0 Å². The normalized spacial score (nSPS) is 10.3. The molecule has 1 amide bonds. The van der Waals surface area contributed by atoms with E-state index in [0.717, 1.165) is 23.1 Å². The number of carbonyl (C=O) groups is 2. The number of amides is 1. The molecule has 0 aliphatic carbocycles. The largest absolute Gasteiger partial charge is 0.375 e. The number of ketones is 1. The Balaban J connectivity index is 1.62. The molecule has 2 rings (SSSR count). The first-order chi connectivity index (χ1) is 12.1. The molecule has 0 atom stereocenters. The molecule has 132 valence electrons. The van der Waals surface area contributed by atoms with Crippen LogP contribution in [0.2, 0.25) is 0 Å². The molecule has 0 aliphatic heterocycles. The van der Waals surface area contributed by atoms with Crippen LogP contribution in [0.3, 0.4) is 0 Å². The Morgan fingerprint density at radius 2 is 1.68 bits per heavy atom. The number of Topliss-reactive ketones (excluding diaryl/α,β-unsaturated/α-hetero) is 1. The topological polar surface area (TPSA) is 49.4 Å². The van der Waals surface area contributed by atoms with E-state index in [0.29, 0.717) is 12.1 Å². The molecule has 25 heavy (non-hydrogen) atoms. The number of para-hydroxylation sites is 1. The Bertz CT molecular complexity index is 687. The highest BCUT2D eigenvalue weighted by Gasteiger charge is 2.09. The van der Waals surface area contributed by atoms with Crippen molar-refractivity contribution in [3.05, 3.63) is 64.6 Å². The summed E-state index contributed by atoms with van der Waals surface area (Å²) in [7, 11) is 2.04. The molecular weight excluding hydrogens is 380 g/mol. The lowest BCUT2D eigenvalue weighted by atomic mass is 10.1. The molecule has 0 saturated carbocycles. The molecule has 0 unspecified atom stereocenters. The summed E-state index contributed by atoms with van der Waals surface area (Å²) < 4.78 is 0.933. The monoisotopic (exact) mass is 402 g/mol. The van der Waals surface area contributed by atoms with Crippen LogP contribution in [-0.4, -0.2) is 31.8 Å². The summed E-state index contributed by atoms with van der Waals surface area (Å²) in [5.74, 6) is -0.0840. The van der Waals surface area contributed by atoms with Crippen molar-refractivity contribution in [1.29, 1.82) is 0 Å². The van der Waals surface area contributed by atoms with Gasteiger partial charge in [0.1, 0.15) is 0 Å². The second-order valence-corrected chi connectivity index (χ2v) is 6.81. The van der Waals surface area contributed by atoms with Gasteiger partial charge in [0.25, 0.3) is 0 Å². The summed E-state index contributed by atoms with van der Waals surface area (Å²) in [5, 5.41) is 2.88. The van der Waals surface area contributed by atoms with E-state index < -0.39 is 0 Å². The van der Waals surface area contributed by atoms with Crippen molar-refractivity contribution in [1.82, 2.24) is 5.32 Å². The van der Waals surface area contributed by atoms with Gasteiger partial charge in [-0.3, -0.25) is 9.59 Å². The van der Waals surface area contributed by atoms with Crippen molar-refractivity contribution in [2.75, 3.05) is 25.0 Å². The predicted molar refractivity (Wildman–Crippen MR) is 105 cm³/mol. The molecule has 0 saturated heterocycles. The van der Waals surface area contributed by atoms with E-state index in [1.807, 2.05) is 37.4 Å².